The van der Waals surface area contributed by atoms with Crippen molar-refractivity contribution in [3.05, 3.63) is 52.6 Å². The first-order valence-corrected chi connectivity index (χ1v) is 12.5. The van der Waals surface area contributed by atoms with Gasteiger partial charge in [0.25, 0.3) is 0 Å². The highest BCUT2D eigenvalue weighted by molar-refractivity contribution is 7.53. The van der Waals surface area contributed by atoms with E-state index in [-0.39, 0.29) is 17.6 Å². The second kappa shape index (κ2) is 11.0. The van der Waals surface area contributed by atoms with Crippen LogP contribution >= 0.6 is 7.60 Å². The summed E-state index contributed by atoms with van der Waals surface area (Å²) in [6, 6.07) is 8.66. The van der Waals surface area contributed by atoms with Gasteiger partial charge < -0.3 is 20.2 Å². The highest BCUT2D eigenvalue weighted by Gasteiger charge is 2.31. The molecule has 0 aromatic heterocycles. The quantitative estimate of drug-likeness (QED) is 0.176. The first-order valence-electron chi connectivity index (χ1n) is 10.9. The number of benzene rings is 2. The van der Waals surface area contributed by atoms with Crippen molar-refractivity contribution >= 4 is 19.2 Å². The van der Waals surface area contributed by atoms with Crippen LogP contribution in [0.1, 0.15) is 62.8 Å². The van der Waals surface area contributed by atoms with E-state index in [0.717, 1.165) is 22.3 Å². The molecule has 8 heteroatoms. The Morgan fingerprint density at radius 3 is 2.22 bits per heavy atom. The maximum Gasteiger partial charge on any atom is 0.369 e. The molecule has 3 N–H and O–H groups in total. The van der Waals surface area contributed by atoms with Crippen molar-refractivity contribution in [3.63, 3.8) is 0 Å². The van der Waals surface area contributed by atoms with Gasteiger partial charge in [0, 0.05) is 5.92 Å². The summed E-state index contributed by atoms with van der Waals surface area (Å²) >= 11 is 0. The second-order valence-corrected chi connectivity index (χ2v) is 10.4. The summed E-state index contributed by atoms with van der Waals surface area (Å²) in [7, 11) is -3.87. The normalized spacial score (nSPS) is 13.3. The molecule has 0 radical (unpaired) electrons. The van der Waals surface area contributed by atoms with Crippen LogP contribution in [-0.2, 0) is 20.5 Å². The lowest BCUT2D eigenvalue weighted by atomic mass is 9.95. The number of carbonyl (C=O) groups excluding carboxylic acids is 1. The number of phenolic OH excluding ortho intramolecular Hbond substituents is 1. The minimum Gasteiger partial charge on any atom is -0.506 e. The molecular weight excluding hydrogens is 429 g/mol. The Hall–Kier alpha value is -2.34. The van der Waals surface area contributed by atoms with Crippen LogP contribution in [0.4, 0.5) is 5.69 Å². The van der Waals surface area contributed by atoms with Gasteiger partial charge >= 0.3 is 7.60 Å². The molecule has 0 fully saturated rings. The van der Waals surface area contributed by atoms with E-state index in [2.05, 4.69) is 5.32 Å². The van der Waals surface area contributed by atoms with Crippen molar-refractivity contribution in [2.45, 2.75) is 66.5 Å². The molecule has 2 aromatic rings. The van der Waals surface area contributed by atoms with E-state index < -0.39 is 13.3 Å². The molecule has 0 saturated carbocycles. The average molecular weight is 464 g/mol. The summed E-state index contributed by atoms with van der Waals surface area (Å²) in [6.07, 6.45) is 1.63. The van der Waals surface area contributed by atoms with Gasteiger partial charge in [-0.2, -0.15) is 0 Å². The number of hydrogen-bond donors (Lipinski definition) is 3. The number of anilines is 1. The third kappa shape index (κ3) is 6.58. The van der Waals surface area contributed by atoms with Gasteiger partial charge in [-0.05, 0) is 79.6 Å². The zero-order valence-corrected chi connectivity index (χ0v) is 20.5. The Balaban J connectivity index is 2.19. The Morgan fingerprint density at radius 1 is 1.09 bits per heavy atom. The highest BCUT2D eigenvalue weighted by Crippen LogP contribution is 2.50. The molecule has 0 aliphatic rings. The Labute approximate surface area is 190 Å². The predicted molar refractivity (Wildman–Crippen MR) is 126 cm³/mol. The van der Waals surface area contributed by atoms with Crippen molar-refractivity contribution in [3.8, 4) is 11.5 Å². The zero-order chi connectivity index (χ0) is 24.1. The van der Waals surface area contributed by atoms with Crippen LogP contribution < -0.4 is 10.2 Å². The van der Waals surface area contributed by atoms with Crippen LogP contribution in [0.15, 0.2) is 30.3 Å². The van der Waals surface area contributed by atoms with E-state index in [9.17, 15) is 19.4 Å². The van der Waals surface area contributed by atoms with Crippen molar-refractivity contribution < 1.29 is 28.9 Å². The smallest absolute Gasteiger partial charge is 0.369 e. The van der Waals surface area contributed by atoms with Crippen molar-refractivity contribution in [2.75, 3.05) is 5.32 Å². The van der Waals surface area contributed by atoms with Gasteiger partial charge in [-0.3, -0.25) is 9.36 Å². The average Bonchev–Trinajstić information content (AvgIpc) is 2.72. The van der Waals surface area contributed by atoms with E-state index in [1.807, 2.05) is 33.8 Å². The molecule has 0 spiro atoms. The summed E-state index contributed by atoms with van der Waals surface area (Å²) in [5.74, 6) is 0.0138. The van der Waals surface area contributed by atoms with E-state index in [0.29, 0.717) is 30.7 Å². The number of hydrogen-bond acceptors (Lipinski definition) is 5. The lowest BCUT2D eigenvalue weighted by Crippen LogP contribution is -2.17. The van der Waals surface area contributed by atoms with E-state index >= 15 is 0 Å². The number of amides is 1. The van der Waals surface area contributed by atoms with Crippen LogP contribution in [-0.4, -0.2) is 21.6 Å². The lowest BCUT2D eigenvalue weighted by molar-refractivity contribution is -0.118. The molecular formula is C24H34NO6P. The number of aryl methyl sites for hydroxylation is 2. The van der Waals surface area contributed by atoms with E-state index in [1.54, 1.807) is 38.1 Å². The molecule has 2 rings (SSSR count). The zero-order valence-electron chi connectivity index (χ0n) is 19.6. The van der Waals surface area contributed by atoms with Gasteiger partial charge in [-0.1, -0.05) is 38.4 Å². The van der Waals surface area contributed by atoms with Crippen molar-refractivity contribution in [1.29, 1.82) is 0 Å². The topological polar surface area (TPSA) is 105 Å². The fraction of sp³-hybridized carbons (Fsp3) is 0.458. The summed E-state index contributed by atoms with van der Waals surface area (Å²) < 4.78 is 17.3. The van der Waals surface area contributed by atoms with E-state index in [1.165, 1.54) is 0 Å². The Bertz CT molecular complexity index is 977. The van der Waals surface area contributed by atoms with Crippen LogP contribution in [0, 0.1) is 19.8 Å². The summed E-state index contributed by atoms with van der Waals surface area (Å²) in [5, 5.41) is 12.8. The third-order valence-corrected chi connectivity index (χ3v) is 7.48. The first kappa shape index (κ1) is 25.9. The third-order valence-electron chi connectivity index (χ3n) is 5.54. The minimum atomic E-state index is -3.87. The highest BCUT2D eigenvalue weighted by atomic mass is 31.2. The first-order chi connectivity index (χ1) is 15.0. The molecule has 1 amide bonds. The molecule has 1 unspecified atom stereocenters. The fourth-order valence-corrected chi connectivity index (χ4v) is 4.70. The molecule has 0 aliphatic heterocycles. The van der Waals surface area contributed by atoms with Crippen LogP contribution in [0.2, 0.25) is 0 Å². The molecule has 0 bridgehead atoms. The maximum atomic E-state index is 12.4. The Morgan fingerprint density at radius 2 is 1.69 bits per heavy atom. The number of phenols is 1. The van der Waals surface area contributed by atoms with E-state index in [4.69, 9.17) is 9.56 Å². The van der Waals surface area contributed by atoms with Crippen LogP contribution in [0.25, 0.3) is 0 Å². The number of carbonyl (C=O) groups is 1. The molecule has 0 aliphatic carbocycles. The molecule has 1 atom stereocenters. The van der Waals surface area contributed by atoms with Crippen molar-refractivity contribution in [2.24, 2.45) is 5.92 Å². The van der Waals surface area contributed by atoms with Gasteiger partial charge in [0.05, 0.1) is 11.3 Å². The number of nitrogens with one attached hydrogen (secondary N) is 1. The predicted octanol–water partition coefficient (Wildman–Crippen LogP) is 5.88. The van der Waals surface area contributed by atoms with Crippen LogP contribution in [0.3, 0.4) is 0 Å². The minimum absolute atomic E-state index is 0.0167. The fourth-order valence-electron chi connectivity index (χ4n) is 3.46. The maximum absolute atomic E-state index is 12.4. The van der Waals surface area contributed by atoms with Gasteiger partial charge in [0.1, 0.15) is 5.75 Å². The summed E-state index contributed by atoms with van der Waals surface area (Å²) in [6.45, 7) is 11.1. The SMILES string of the molecule is CCC(CC)P(=O)(O)OOc1cc(C)c(Cc2ccc(O)c(NC(=O)C(C)C)c2)c(C)c1. The molecule has 7 nitrogen and oxygen atoms in total. The molecule has 32 heavy (non-hydrogen) atoms. The monoisotopic (exact) mass is 463 g/mol. The van der Waals surface area contributed by atoms with Gasteiger partial charge in [0.2, 0.25) is 5.91 Å². The molecule has 176 valence electrons. The number of rotatable bonds is 10. The summed E-state index contributed by atoms with van der Waals surface area (Å²) in [5.41, 5.74) is 3.75. The van der Waals surface area contributed by atoms with Gasteiger partial charge in [-0.15, -0.1) is 0 Å². The van der Waals surface area contributed by atoms with Crippen LogP contribution in [0.5, 0.6) is 11.5 Å². The van der Waals surface area contributed by atoms with Crippen molar-refractivity contribution in [1.82, 2.24) is 0 Å². The second-order valence-electron chi connectivity index (χ2n) is 8.40. The van der Waals surface area contributed by atoms with Gasteiger partial charge in [0.15, 0.2) is 5.75 Å². The molecule has 2 aromatic carbocycles. The molecule has 0 saturated heterocycles. The van der Waals surface area contributed by atoms with Gasteiger partial charge in [-0.25, -0.2) is 0 Å². The summed E-state index contributed by atoms with van der Waals surface area (Å²) in [4.78, 5) is 27.4. The largest absolute Gasteiger partial charge is 0.506 e. The number of aromatic hydroxyl groups is 1. The lowest BCUT2D eigenvalue weighted by Gasteiger charge is -2.19. The Kier molecular flexibility index (Phi) is 8.90. The molecule has 0 heterocycles. The standard InChI is InChI=1S/C24H34NO6P/c1-7-20(8-2)32(28,29)31-30-19-11-16(5)21(17(6)12-19)13-18-9-10-23(26)22(14-18)25-24(27)15(3)4/h9-12,14-15,20,26H,7-8,13H2,1-6H3,(H,25,27)(H,28,29).